The number of carbonyl (C=O) groups excluding carboxylic acids is 3. The fourth-order valence-electron chi connectivity index (χ4n) is 5.72. The van der Waals surface area contributed by atoms with Crippen molar-refractivity contribution in [2.24, 2.45) is 0 Å². The molecule has 0 aromatic carbocycles. The molecule has 1 aliphatic rings. The second-order valence-electron chi connectivity index (χ2n) is 12.7. The van der Waals surface area contributed by atoms with E-state index >= 15 is 0 Å². The fourth-order valence-corrected chi connectivity index (χ4v) is 5.72. The predicted molar refractivity (Wildman–Crippen MR) is 174 cm³/mol. The molecule has 5 atom stereocenters. The molecule has 1 saturated heterocycles. The highest BCUT2D eigenvalue weighted by Crippen LogP contribution is 2.29. The fraction of sp³-hybridized carbons (Fsp3) is 0.917. The Bertz CT molecular complexity index is 698. The molecule has 0 aromatic heterocycles. The molecule has 44 heavy (non-hydrogen) atoms. The Morgan fingerprint density at radius 3 is 1.14 bits per heavy atom. The molecular weight excluding hydrogens is 560 g/mol. The highest BCUT2D eigenvalue weighted by atomic mass is 16.7. The number of ether oxygens (including phenoxy) is 4. The molecule has 0 spiro atoms. The number of rotatable bonds is 27. The summed E-state index contributed by atoms with van der Waals surface area (Å²) in [5, 5.41) is 10.8. The molecule has 0 aromatic rings. The lowest BCUT2D eigenvalue weighted by Gasteiger charge is -2.42. The van der Waals surface area contributed by atoms with Gasteiger partial charge in [-0.3, -0.25) is 14.4 Å². The number of carbonyl (C=O) groups is 3. The van der Waals surface area contributed by atoms with E-state index in [2.05, 4.69) is 20.8 Å². The summed E-state index contributed by atoms with van der Waals surface area (Å²) < 4.78 is 22.9. The standard InChI is InChI=1S/C36H66O8/c1-5-8-11-14-17-20-23-26-30(37)42-33-29(4)41-36(40)35(44-32(39)28-25-22-19-16-13-10-7-3)34(33)43-31(38)27-24-21-18-15-12-9-6-2/h29,33-36,40H,5-28H2,1-4H3. The van der Waals surface area contributed by atoms with Crippen LogP contribution in [0.2, 0.25) is 0 Å². The second kappa shape index (κ2) is 26.5. The summed E-state index contributed by atoms with van der Waals surface area (Å²) in [7, 11) is 0. The molecule has 8 heteroatoms. The molecule has 0 amide bonds. The SMILES string of the molecule is CCCCCCCCCC(=O)OC1C(C)OC(O)C(OC(=O)CCCCCCCCC)C1OC(=O)CCCCCCCCC. The van der Waals surface area contributed by atoms with Crippen molar-refractivity contribution < 1.29 is 38.4 Å². The van der Waals surface area contributed by atoms with Gasteiger partial charge < -0.3 is 24.1 Å². The van der Waals surface area contributed by atoms with E-state index in [1.54, 1.807) is 6.92 Å². The quantitative estimate of drug-likeness (QED) is 0.0547. The summed E-state index contributed by atoms with van der Waals surface area (Å²) in [6.45, 7) is 8.22. The van der Waals surface area contributed by atoms with Crippen LogP contribution in [0.25, 0.3) is 0 Å². The smallest absolute Gasteiger partial charge is 0.306 e. The van der Waals surface area contributed by atoms with Gasteiger partial charge in [0, 0.05) is 19.3 Å². The number of aliphatic hydroxyl groups excluding tert-OH is 1. The average Bonchev–Trinajstić information content (AvgIpc) is 2.99. The molecular formula is C36H66O8. The summed E-state index contributed by atoms with van der Waals surface area (Å²) in [5.41, 5.74) is 0. The van der Waals surface area contributed by atoms with E-state index in [9.17, 15) is 19.5 Å². The molecule has 8 nitrogen and oxygen atoms in total. The molecule has 0 aliphatic carbocycles. The molecule has 5 unspecified atom stereocenters. The molecule has 0 bridgehead atoms. The first kappa shape index (κ1) is 40.4. The largest absolute Gasteiger partial charge is 0.455 e. The first-order chi connectivity index (χ1) is 21.3. The van der Waals surface area contributed by atoms with Crippen molar-refractivity contribution in [2.45, 2.75) is 213 Å². The van der Waals surface area contributed by atoms with E-state index in [1.807, 2.05) is 0 Å². The topological polar surface area (TPSA) is 108 Å². The Kier molecular flexibility index (Phi) is 24.3. The van der Waals surface area contributed by atoms with Gasteiger partial charge in [-0.1, -0.05) is 136 Å². The van der Waals surface area contributed by atoms with Gasteiger partial charge in [-0.15, -0.1) is 0 Å². The van der Waals surface area contributed by atoms with E-state index in [0.29, 0.717) is 12.8 Å². The lowest BCUT2D eigenvalue weighted by Crippen LogP contribution is -2.60. The Balaban J connectivity index is 2.76. The molecule has 1 N–H and O–H groups in total. The van der Waals surface area contributed by atoms with Crippen molar-refractivity contribution >= 4 is 17.9 Å². The predicted octanol–water partition coefficient (Wildman–Crippen LogP) is 8.88. The van der Waals surface area contributed by atoms with Gasteiger partial charge in [-0.05, 0) is 26.2 Å². The van der Waals surface area contributed by atoms with E-state index in [1.165, 1.54) is 57.8 Å². The molecule has 0 saturated carbocycles. The van der Waals surface area contributed by atoms with Gasteiger partial charge in [-0.2, -0.15) is 0 Å². The van der Waals surface area contributed by atoms with Crippen LogP contribution >= 0.6 is 0 Å². The Morgan fingerprint density at radius 1 is 0.477 bits per heavy atom. The maximum absolute atomic E-state index is 12.9. The Labute approximate surface area is 268 Å². The Hall–Kier alpha value is -1.67. The maximum atomic E-state index is 12.9. The van der Waals surface area contributed by atoms with Gasteiger partial charge in [-0.25, -0.2) is 0 Å². The maximum Gasteiger partial charge on any atom is 0.306 e. The third-order valence-corrected chi connectivity index (χ3v) is 8.50. The Morgan fingerprint density at radius 2 is 0.773 bits per heavy atom. The van der Waals surface area contributed by atoms with Gasteiger partial charge in [0.1, 0.15) is 0 Å². The zero-order chi connectivity index (χ0) is 32.4. The van der Waals surface area contributed by atoms with Crippen LogP contribution in [0.4, 0.5) is 0 Å². The van der Waals surface area contributed by atoms with E-state index < -0.39 is 48.6 Å². The number of unbranched alkanes of at least 4 members (excludes halogenated alkanes) is 18. The van der Waals surface area contributed by atoms with E-state index in [4.69, 9.17) is 18.9 Å². The number of hydrogen-bond acceptors (Lipinski definition) is 8. The summed E-state index contributed by atoms with van der Waals surface area (Å²) >= 11 is 0. The molecule has 1 rings (SSSR count). The minimum absolute atomic E-state index is 0.202. The molecule has 0 radical (unpaired) electrons. The zero-order valence-corrected chi connectivity index (χ0v) is 28.7. The van der Waals surface area contributed by atoms with Crippen molar-refractivity contribution in [3.63, 3.8) is 0 Å². The van der Waals surface area contributed by atoms with Crippen molar-refractivity contribution in [1.82, 2.24) is 0 Å². The van der Waals surface area contributed by atoms with Gasteiger partial charge in [0.25, 0.3) is 0 Å². The van der Waals surface area contributed by atoms with Crippen LogP contribution in [0.1, 0.15) is 182 Å². The third-order valence-electron chi connectivity index (χ3n) is 8.50. The summed E-state index contributed by atoms with van der Waals surface area (Å²) in [5.74, 6) is -1.34. The zero-order valence-electron chi connectivity index (χ0n) is 28.7. The highest BCUT2D eigenvalue weighted by Gasteiger charge is 2.50. The molecule has 1 fully saturated rings. The van der Waals surface area contributed by atoms with Gasteiger partial charge in [0.2, 0.25) is 0 Å². The molecule has 1 aliphatic heterocycles. The first-order valence-corrected chi connectivity index (χ1v) is 18.3. The van der Waals surface area contributed by atoms with Crippen molar-refractivity contribution in [3.05, 3.63) is 0 Å². The van der Waals surface area contributed by atoms with Crippen LogP contribution in [0.3, 0.4) is 0 Å². The first-order valence-electron chi connectivity index (χ1n) is 18.3. The third kappa shape index (κ3) is 19.0. The number of hydrogen-bond donors (Lipinski definition) is 1. The van der Waals surface area contributed by atoms with Crippen LogP contribution in [0.15, 0.2) is 0 Å². The van der Waals surface area contributed by atoms with Crippen LogP contribution in [-0.2, 0) is 33.3 Å². The summed E-state index contributed by atoms with van der Waals surface area (Å²) in [6, 6.07) is 0. The van der Waals surface area contributed by atoms with Crippen molar-refractivity contribution in [1.29, 1.82) is 0 Å². The van der Waals surface area contributed by atoms with Crippen LogP contribution < -0.4 is 0 Å². The molecule has 258 valence electrons. The minimum Gasteiger partial charge on any atom is -0.455 e. The number of esters is 3. The molecule has 1 heterocycles. The van der Waals surface area contributed by atoms with E-state index in [0.717, 1.165) is 64.2 Å². The van der Waals surface area contributed by atoms with Gasteiger partial charge in [0.05, 0.1) is 6.10 Å². The van der Waals surface area contributed by atoms with Crippen LogP contribution in [-0.4, -0.2) is 53.7 Å². The van der Waals surface area contributed by atoms with Crippen LogP contribution in [0, 0.1) is 0 Å². The summed E-state index contributed by atoms with van der Waals surface area (Å²) in [6.07, 6.45) is 17.5. The normalized spacial score (nSPS) is 21.6. The van der Waals surface area contributed by atoms with Crippen LogP contribution in [0.5, 0.6) is 0 Å². The van der Waals surface area contributed by atoms with Gasteiger partial charge >= 0.3 is 17.9 Å². The average molecular weight is 627 g/mol. The minimum atomic E-state index is -1.49. The lowest BCUT2D eigenvalue weighted by molar-refractivity contribution is -0.289. The van der Waals surface area contributed by atoms with Crippen molar-refractivity contribution in [2.75, 3.05) is 0 Å². The lowest BCUT2D eigenvalue weighted by atomic mass is 9.98. The second-order valence-corrected chi connectivity index (χ2v) is 12.7. The monoisotopic (exact) mass is 626 g/mol. The highest BCUT2D eigenvalue weighted by molar-refractivity contribution is 5.71. The van der Waals surface area contributed by atoms with Crippen molar-refractivity contribution in [3.8, 4) is 0 Å². The van der Waals surface area contributed by atoms with Gasteiger partial charge in [0.15, 0.2) is 24.6 Å². The van der Waals surface area contributed by atoms with E-state index in [-0.39, 0.29) is 19.3 Å². The number of aliphatic hydroxyl groups is 1. The summed E-state index contributed by atoms with van der Waals surface area (Å²) in [4.78, 5) is 38.6.